The molecule has 19 heavy (non-hydrogen) atoms. The van der Waals surface area contributed by atoms with Crippen LogP contribution in [0.25, 0.3) is 0 Å². The Morgan fingerprint density at radius 3 is 2.47 bits per heavy atom. The van der Waals surface area contributed by atoms with Crippen molar-refractivity contribution in [2.45, 2.75) is 18.7 Å². The topological polar surface area (TPSA) is 49.4 Å². The fourth-order valence-corrected chi connectivity index (χ4v) is 3.06. The minimum absolute atomic E-state index is 0.263. The van der Waals surface area contributed by atoms with Gasteiger partial charge in [-0.2, -0.15) is 0 Å². The summed E-state index contributed by atoms with van der Waals surface area (Å²) in [5, 5.41) is 0. The lowest BCUT2D eigenvalue weighted by atomic mass is 10.3. The minimum atomic E-state index is -3.79. The van der Waals surface area contributed by atoms with E-state index in [1.807, 2.05) is 13.8 Å². The monoisotopic (exact) mass is 352 g/mol. The molecule has 0 aliphatic heterocycles. The van der Waals surface area contributed by atoms with Crippen molar-refractivity contribution >= 4 is 26.0 Å². The molecule has 1 aromatic carbocycles. The Bertz CT molecular complexity index is 518. The van der Waals surface area contributed by atoms with Gasteiger partial charge in [0.1, 0.15) is 10.7 Å². The normalized spacial score (nSPS) is 12.1. The van der Waals surface area contributed by atoms with Crippen LogP contribution in [0.4, 0.5) is 4.39 Å². The molecule has 7 heteroatoms. The van der Waals surface area contributed by atoms with Crippen molar-refractivity contribution in [3.05, 3.63) is 28.5 Å². The van der Waals surface area contributed by atoms with E-state index in [-0.39, 0.29) is 11.4 Å². The summed E-state index contributed by atoms with van der Waals surface area (Å²) in [6.45, 7) is 6.58. The molecule has 0 aliphatic rings. The minimum Gasteiger partial charge on any atom is -0.303 e. The highest BCUT2D eigenvalue weighted by molar-refractivity contribution is 9.10. The van der Waals surface area contributed by atoms with Crippen LogP contribution in [0.3, 0.4) is 0 Å². The molecule has 0 amide bonds. The average molecular weight is 353 g/mol. The van der Waals surface area contributed by atoms with E-state index in [1.54, 1.807) is 0 Å². The molecule has 0 unspecified atom stereocenters. The van der Waals surface area contributed by atoms with E-state index < -0.39 is 15.8 Å². The molecule has 4 nitrogen and oxygen atoms in total. The van der Waals surface area contributed by atoms with Crippen LogP contribution in [0.15, 0.2) is 27.6 Å². The first-order valence-corrected chi connectivity index (χ1v) is 8.35. The summed E-state index contributed by atoms with van der Waals surface area (Å²) >= 11 is 3.09. The van der Waals surface area contributed by atoms with E-state index in [2.05, 4.69) is 25.6 Å². The largest absolute Gasteiger partial charge is 0.303 e. The maximum Gasteiger partial charge on any atom is 0.243 e. The van der Waals surface area contributed by atoms with Gasteiger partial charge in [0.05, 0.1) is 0 Å². The highest BCUT2D eigenvalue weighted by Gasteiger charge is 2.18. The van der Waals surface area contributed by atoms with Gasteiger partial charge in [0, 0.05) is 17.6 Å². The Kier molecular flexibility index (Phi) is 6.38. The highest BCUT2D eigenvalue weighted by atomic mass is 79.9. The van der Waals surface area contributed by atoms with Crippen molar-refractivity contribution in [2.75, 3.05) is 26.2 Å². The second kappa shape index (κ2) is 7.33. The first-order valence-electron chi connectivity index (χ1n) is 6.07. The zero-order chi connectivity index (χ0) is 14.5. The van der Waals surface area contributed by atoms with Crippen molar-refractivity contribution in [2.24, 2.45) is 0 Å². The van der Waals surface area contributed by atoms with Crippen LogP contribution in [0.1, 0.15) is 13.8 Å². The van der Waals surface area contributed by atoms with Gasteiger partial charge in [-0.05, 0) is 31.3 Å². The van der Waals surface area contributed by atoms with E-state index in [0.717, 1.165) is 19.2 Å². The zero-order valence-electron chi connectivity index (χ0n) is 11.0. The van der Waals surface area contributed by atoms with E-state index in [9.17, 15) is 12.8 Å². The molecule has 1 N–H and O–H groups in total. The number of likely N-dealkylation sites (N-methyl/N-ethyl adjacent to an activating group) is 1. The number of rotatable bonds is 7. The molecular formula is C12H18BrFN2O2S. The highest BCUT2D eigenvalue weighted by Crippen LogP contribution is 2.19. The molecular weight excluding hydrogens is 335 g/mol. The lowest BCUT2D eigenvalue weighted by molar-refractivity contribution is 0.309. The lowest BCUT2D eigenvalue weighted by Crippen LogP contribution is -2.35. The molecule has 0 aromatic heterocycles. The Hall–Kier alpha value is -0.500. The SMILES string of the molecule is CCN(CC)CCNS(=O)(=O)c1ccc(Br)cc1F. The van der Waals surface area contributed by atoms with Crippen molar-refractivity contribution in [3.63, 3.8) is 0 Å². The number of hydrogen-bond acceptors (Lipinski definition) is 3. The predicted octanol–water partition coefficient (Wildman–Crippen LogP) is 2.21. The third-order valence-electron chi connectivity index (χ3n) is 2.80. The van der Waals surface area contributed by atoms with Gasteiger partial charge >= 0.3 is 0 Å². The molecule has 0 bridgehead atoms. The molecule has 0 fully saturated rings. The van der Waals surface area contributed by atoms with E-state index in [1.165, 1.54) is 12.1 Å². The third-order valence-corrected chi connectivity index (χ3v) is 4.79. The van der Waals surface area contributed by atoms with Crippen molar-refractivity contribution < 1.29 is 12.8 Å². The van der Waals surface area contributed by atoms with Crippen LogP contribution < -0.4 is 4.72 Å². The van der Waals surface area contributed by atoms with Crippen LogP contribution in [0, 0.1) is 5.82 Å². The first-order chi connectivity index (χ1) is 8.90. The number of halogens is 2. The summed E-state index contributed by atoms with van der Waals surface area (Å²) in [6, 6.07) is 3.89. The van der Waals surface area contributed by atoms with Gasteiger partial charge in [-0.1, -0.05) is 29.8 Å². The summed E-state index contributed by atoms with van der Waals surface area (Å²) in [6.07, 6.45) is 0. The second-order valence-corrected chi connectivity index (χ2v) is 6.65. The quantitative estimate of drug-likeness (QED) is 0.818. The summed E-state index contributed by atoms with van der Waals surface area (Å²) in [4.78, 5) is 1.76. The molecule has 0 spiro atoms. The van der Waals surface area contributed by atoms with Gasteiger partial charge in [0.15, 0.2) is 0 Å². The van der Waals surface area contributed by atoms with E-state index in [0.29, 0.717) is 11.0 Å². The Balaban J connectivity index is 2.71. The van der Waals surface area contributed by atoms with Crippen LogP contribution in [0.5, 0.6) is 0 Å². The molecule has 108 valence electrons. The smallest absolute Gasteiger partial charge is 0.243 e. The van der Waals surface area contributed by atoms with E-state index in [4.69, 9.17) is 0 Å². The molecule has 0 heterocycles. The van der Waals surface area contributed by atoms with Crippen molar-refractivity contribution in [1.82, 2.24) is 9.62 Å². The maximum absolute atomic E-state index is 13.6. The molecule has 0 aliphatic carbocycles. The second-order valence-electron chi connectivity index (χ2n) is 4.00. The number of benzene rings is 1. The number of sulfonamides is 1. The van der Waals surface area contributed by atoms with Crippen molar-refractivity contribution in [1.29, 1.82) is 0 Å². The zero-order valence-corrected chi connectivity index (χ0v) is 13.4. The van der Waals surface area contributed by atoms with Gasteiger partial charge in [0.2, 0.25) is 10.0 Å². The van der Waals surface area contributed by atoms with Crippen molar-refractivity contribution in [3.8, 4) is 0 Å². The molecule has 0 atom stereocenters. The first kappa shape index (κ1) is 16.6. The van der Waals surface area contributed by atoms with Crippen LogP contribution in [-0.2, 0) is 10.0 Å². The Morgan fingerprint density at radius 1 is 1.32 bits per heavy atom. The van der Waals surface area contributed by atoms with Gasteiger partial charge in [-0.3, -0.25) is 0 Å². The summed E-state index contributed by atoms with van der Waals surface area (Å²) in [5.74, 6) is -0.760. The predicted molar refractivity (Wildman–Crippen MR) is 77.1 cm³/mol. The van der Waals surface area contributed by atoms with Gasteiger partial charge in [-0.15, -0.1) is 0 Å². The van der Waals surface area contributed by atoms with Gasteiger partial charge in [-0.25, -0.2) is 17.5 Å². The number of nitrogens with one attached hydrogen (secondary N) is 1. The summed E-state index contributed by atoms with van der Waals surface area (Å²) < 4.78 is 40.4. The van der Waals surface area contributed by atoms with Gasteiger partial charge < -0.3 is 4.90 Å². The average Bonchev–Trinajstić information content (AvgIpc) is 2.34. The van der Waals surface area contributed by atoms with Crippen LogP contribution >= 0.6 is 15.9 Å². The van der Waals surface area contributed by atoms with Crippen LogP contribution in [0.2, 0.25) is 0 Å². The van der Waals surface area contributed by atoms with Crippen LogP contribution in [-0.4, -0.2) is 39.5 Å². The molecule has 0 radical (unpaired) electrons. The molecule has 1 rings (SSSR count). The standard InChI is InChI=1S/C12H18BrFN2O2S/c1-3-16(4-2)8-7-15-19(17,18)12-6-5-10(13)9-11(12)14/h5-6,9,15H,3-4,7-8H2,1-2H3. The molecule has 0 saturated carbocycles. The van der Waals surface area contributed by atoms with E-state index >= 15 is 0 Å². The Morgan fingerprint density at radius 2 is 1.95 bits per heavy atom. The number of hydrogen-bond donors (Lipinski definition) is 1. The fourth-order valence-electron chi connectivity index (χ4n) is 1.65. The Labute approximate surface area is 122 Å². The summed E-state index contributed by atoms with van der Waals surface area (Å²) in [7, 11) is -3.79. The lowest BCUT2D eigenvalue weighted by Gasteiger charge is -2.18. The third kappa shape index (κ3) is 4.83. The molecule has 1 aromatic rings. The fraction of sp³-hybridized carbons (Fsp3) is 0.500. The van der Waals surface area contributed by atoms with Gasteiger partial charge in [0.25, 0.3) is 0 Å². The summed E-state index contributed by atoms with van der Waals surface area (Å²) in [5.41, 5.74) is 0. The maximum atomic E-state index is 13.6. The molecule has 0 saturated heterocycles. The number of nitrogens with zero attached hydrogens (tertiary/aromatic N) is 1.